The second-order valence-corrected chi connectivity index (χ2v) is 6.77. The van der Waals surface area contributed by atoms with Crippen molar-refractivity contribution in [1.29, 1.82) is 0 Å². The lowest BCUT2D eigenvalue weighted by atomic mass is 9.75. The lowest BCUT2D eigenvalue weighted by Crippen LogP contribution is -2.30. The molecule has 4 nitrogen and oxygen atoms in total. The predicted molar refractivity (Wildman–Crippen MR) is 89.0 cm³/mol. The zero-order valence-electron chi connectivity index (χ0n) is 14.6. The summed E-state index contributed by atoms with van der Waals surface area (Å²) in [4.78, 5) is 22.0. The van der Waals surface area contributed by atoms with Crippen LogP contribution in [0.25, 0.3) is 0 Å². The van der Waals surface area contributed by atoms with E-state index in [0.29, 0.717) is 5.92 Å². The molecule has 1 unspecified atom stereocenters. The van der Waals surface area contributed by atoms with Crippen molar-refractivity contribution in [2.24, 2.45) is 11.3 Å². The van der Waals surface area contributed by atoms with Gasteiger partial charge in [0.15, 0.2) is 0 Å². The Hall–Kier alpha value is -1.06. The molecule has 0 bridgehead atoms. The van der Waals surface area contributed by atoms with Crippen LogP contribution >= 0.6 is 0 Å². The molecular formula is C18H34O4. The number of carbonyl (C=O) groups is 2. The Balaban J connectivity index is 3.96. The molecule has 0 aromatic carbocycles. The number of carboxylic acid groups (broad SMARTS) is 2. The standard InChI is InChI=1S/C18H34O4/c1-4-15(5-2)14-18(3,17(21)22)13-11-9-7-6-8-10-12-16(19)20/h15H,4-14H2,1-3H3,(H,19,20)(H,21,22). The minimum Gasteiger partial charge on any atom is -0.481 e. The third kappa shape index (κ3) is 9.06. The molecule has 0 aliphatic rings. The van der Waals surface area contributed by atoms with Crippen molar-refractivity contribution in [3.8, 4) is 0 Å². The van der Waals surface area contributed by atoms with Crippen LogP contribution in [0.15, 0.2) is 0 Å². The molecule has 0 aliphatic carbocycles. The Labute approximate surface area is 135 Å². The molecule has 0 aliphatic heterocycles. The third-order valence-electron chi connectivity index (χ3n) is 4.78. The number of hydrogen-bond donors (Lipinski definition) is 2. The molecule has 0 saturated heterocycles. The molecule has 4 heteroatoms. The van der Waals surface area contributed by atoms with Crippen LogP contribution in [0.4, 0.5) is 0 Å². The van der Waals surface area contributed by atoms with E-state index in [4.69, 9.17) is 5.11 Å². The molecule has 0 radical (unpaired) electrons. The predicted octanol–water partition coefficient (Wildman–Crippen LogP) is 5.11. The van der Waals surface area contributed by atoms with Crippen LogP contribution < -0.4 is 0 Å². The van der Waals surface area contributed by atoms with Crippen LogP contribution in [0, 0.1) is 11.3 Å². The largest absolute Gasteiger partial charge is 0.481 e. The van der Waals surface area contributed by atoms with Gasteiger partial charge in [-0.15, -0.1) is 0 Å². The van der Waals surface area contributed by atoms with Gasteiger partial charge in [-0.2, -0.15) is 0 Å². The molecular weight excluding hydrogens is 280 g/mol. The first-order valence-corrected chi connectivity index (χ1v) is 8.81. The van der Waals surface area contributed by atoms with Crippen LogP contribution in [0.1, 0.15) is 91.4 Å². The van der Waals surface area contributed by atoms with Crippen molar-refractivity contribution < 1.29 is 19.8 Å². The van der Waals surface area contributed by atoms with E-state index in [2.05, 4.69) is 13.8 Å². The maximum atomic E-state index is 11.6. The quantitative estimate of drug-likeness (QED) is 0.437. The van der Waals surface area contributed by atoms with E-state index in [0.717, 1.165) is 64.2 Å². The fourth-order valence-corrected chi connectivity index (χ4v) is 3.01. The van der Waals surface area contributed by atoms with Crippen molar-refractivity contribution in [2.75, 3.05) is 0 Å². The van der Waals surface area contributed by atoms with Gasteiger partial charge in [0.25, 0.3) is 0 Å². The summed E-state index contributed by atoms with van der Waals surface area (Å²) in [6.07, 6.45) is 9.66. The van der Waals surface area contributed by atoms with E-state index < -0.39 is 17.4 Å². The van der Waals surface area contributed by atoms with E-state index >= 15 is 0 Å². The van der Waals surface area contributed by atoms with Crippen molar-refractivity contribution in [3.05, 3.63) is 0 Å². The van der Waals surface area contributed by atoms with E-state index in [1.165, 1.54) is 0 Å². The van der Waals surface area contributed by atoms with Gasteiger partial charge in [-0.1, -0.05) is 58.8 Å². The van der Waals surface area contributed by atoms with Crippen LogP contribution in [0.3, 0.4) is 0 Å². The summed E-state index contributed by atoms with van der Waals surface area (Å²) in [6.45, 7) is 6.15. The van der Waals surface area contributed by atoms with Gasteiger partial charge in [0.2, 0.25) is 0 Å². The summed E-state index contributed by atoms with van der Waals surface area (Å²) < 4.78 is 0. The maximum absolute atomic E-state index is 11.6. The van der Waals surface area contributed by atoms with Gasteiger partial charge in [0.1, 0.15) is 0 Å². The molecule has 0 aromatic rings. The van der Waals surface area contributed by atoms with Crippen LogP contribution in [0.5, 0.6) is 0 Å². The van der Waals surface area contributed by atoms with Gasteiger partial charge in [0.05, 0.1) is 5.41 Å². The molecule has 0 aromatic heterocycles. The normalized spacial score (nSPS) is 14.0. The summed E-state index contributed by atoms with van der Waals surface area (Å²) in [7, 11) is 0. The molecule has 0 rings (SSSR count). The minimum atomic E-state index is -0.723. The average Bonchev–Trinajstić information content (AvgIpc) is 2.47. The van der Waals surface area contributed by atoms with Gasteiger partial charge < -0.3 is 10.2 Å². The molecule has 22 heavy (non-hydrogen) atoms. The number of rotatable bonds is 14. The highest BCUT2D eigenvalue weighted by molar-refractivity contribution is 5.74. The molecule has 0 fully saturated rings. The molecule has 0 heterocycles. The number of unbranched alkanes of at least 4 members (excludes halogenated alkanes) is 5. The monoisotopic (exact) mass is 314 g/mol. The van der Waals surface area contributed by atoms with Gasteiger partial charge >= 0.3 is 11.9 Å². The molecule has 2 N–H and O–H groups in total. The van der Waals surface area contributed by atoms with E-state index in [1.54, 1.807) is 0 Å². The van der Waals surface area contributed by atoms with Gasteiger partial charge in [0, 0.05) is 6.42 Å². The Morgan fingerprint density at radius 1 is 0.909 bits per heavy atom. The van der Waals surface area contributed by atoms with Crippen LogP contribution in [-0.2, 0) is 9.59 Å². The highest BCUT2D eigenvalue weighted by Crippen LogP contribution is 2.35. The van der Waals surface area contributed by atoms with E-state index in [9.17, 15) is 14.7 Å². The van der Waals surface area contributed by atoms with Crippen molar-refractivity contribution in [2.45, 2.75) is 91.4 Å². The Kier molecular flexibility index (Phi) is 10.9. The lowest BCUT2D eigenvalue weighted by molar-refractivity contribution is -0.149. The second kappa shape index (κ2) is 11.5. The zero-order chi connectivity index (χ0) is 17.0. The number of aliphatic carboxylic acids is 2. The Morgan fingerprint density at radius 2 is 1.41 bits per heavy atom. The Bertz CT molecular complexity index is 323. The Morgan fingerprint density at radius 3 is 1.86 bits per heavy atom. The summed E-state index contributed by atoms with van der Waals surface area (Å²) in [5.41, 5.74) is -0.597. The van der Waals surface area contributed by atoms with Crippen molar-refractivity contribution >= 4 is 11.9 Å². The molecule has 130 valence electrons. The molecule has 0 amide bonds. The van der Waals surface area contributed by atoms with Crippen LogP contribution in [-0.4, -0.2) is 22.2 Å². The van der Waals surface area contributed by atoms with Crippen LogP contribution in [0.2, 0.25) is 0 Å². The first kappa shape index (κ1) is 20.9. The first-order chi connectivity index (χ1) is 10.4. The van der Waals surface area contributed by atoms with Gasteiger partial charge in [-0.05, 0) is 32.1 Å². The van der Waals surface area contributed by atoms with Gasteiger partial charge in [-0.3, -0.25) is 9.59 Å². The first-order valence-electron chi connectivity index (χ1n) is 8.81. The van der Waals surface area contributed by atoms with E-state index in [-0.39, 0.29) is 6.42 Å². The minimum absolute atomic E-state index is 0.256. The fraction of sp³-hybridized carbons (Fsp3) is 0.889. The van der Waals surface area contributed by atoms with E-state index in [1.807, 2.05) is 6.92 Å². The molecule has 1 atom stereocenters. The lowest BCUT2D eigenvalue weighted by Gasteiger charge is -2.29. The highest BCUT2D eigenvalue weighted by Gasteiger charge is 2.34. The average molecular weight is 314 g/mol. The summed E-state index contributed by atoms with van der Waals surface area (Å²) in [5.74, 6) is -0.892. The topological polar surface area (TPSA) is 74.6 Å². The van der Waals surface area contributed by atoms with Crippen molar-refractivity contribution in [1.82, 2.24) is 0 Å². The second-order valence-electron chi connectivity index (χ2n) is 6.77. The maximum Gasteiger partial charge on any atom is 0.309 e. The molecule has 0 saturated carbocycles. The highest BCUT2D eigenvalue weighted by atomic mass is 16.4. The summed E-state index contributed by atoms with van der Waals surface area (Å²) in [6, 6.07) is 0. The number of hydrogen-bond acceptors (Lipinski definition) is 2. The zero-order valence-corrected chi connectivity index (χ0v) is 14.6. The number of carboxylic acids is 2. The van der Waals surface area contributed by atoms with Gasteiger partial charge in [-0.25, -0.2) is 0 Å². The third-order valence-corrected chi connectivity index (χ3v) is 4.78. The smallest absolute Gasteiger partial charge is 0.309 e. The SMILES string of the molecule is CCC(CC)CC(C)(CCCCCCCCC(=O)O)C(=O)O. The summed E-state index contributed by atoms with van der Waals surface area (Å²) >= 11 is 0. The summed E-state index contributed by atoms with van der Waals surface area (Å²) in [5, 5.41) is 18.1. The fourth-order valence-electron chi connectivity index (χ4n) is 3.01. The molecule has 0 spiro atoms. The van der Waals surface area contributed by atoms with Crippen molar-refractivity contribution in [3.63, 3.8) is 0 Å².